The molecule has 3 fully saturated rings. The van der Waals surface area contributed by atoms with Gasteiger partial charge in [0.2, 0.25) is 11.8 Å². The Morgan fingerprint density at radius 1 is 1.05 bits per heavy atom. The topological polar surface area (TPSA) is 49.4 Å². The van der Waals surface area contributed by atoms with E-state index >= 15 is 0 Å². The summed E-state index contributed by atoms with van der Waals surface area (Å²) in [6.45, 7) is 3.09. The van der Waals surface area contributed by atoms with E-state index in [1.165, 1.54) is 19.3 Å². The van der Waals surface area contributed by atoms with Crippen molar-refractivity contribution in [2.24, 2.45) is 5.41 Å². The third-order valence-electron chi connectivity index (χ3n) is 5.56. The first-order valence-electron chi connectivity index (χ1n) is 8.20. The number of carbonyl (C=O) groups is 2. The summed E-state index contributed by atoms with van der Waals surface area (Å²) in [6.07, 6.45) is 8.97. The summed E-state index contributed by atoms with van der Waals surface area (Å²) in [5, 5.41) is 3.40. The van der Waals surface area contributed by atoms with E-state index in [4.69, 9.17) is 0 Å². The van der Waals surface area contributed by atoms with Crippen molar-refractivity contribution in [3.05, 3.63) is 0 Å². The molecule has 2 amide bonds. The van der Waals surface area contributed by atoms with E-state index < -0.39 is 0 Å². The van der Waals surface area contributed by atoms with Crippen LogP contribution in [0.4, 0.5) is 0 Å². The molecular formula is C16H26N2O2. The number of hydrogen-bond acceptors (Lipinski definition) is 3. The molecule has 0 radical (unpaired) electrons. The highest BCUT2D eigenvalue weighted by molar-refractivity contribution is 5.99. The van der Waals surface area contributed by atoms with Gasteiger partial charge in [0.1, 0.15) is 0 Å². The molecule has 0 aromatic rings. The number of rotatable bonds is 1. The predicted octanol–water partition coefficient (Wildman–Crippen LogP) is 2.23. The smallest absolute Gasteiger partial charge is 0.230 e. The van der Waals surface area contributed by atoms with E-state index in [-0.39, 0.29) is 29.3 Å². The summed E-state index contributed by atoms with van der Waals surface area (Å²) in [4.78, 5) is 26.8. The first-order valence-corrected chi connectivity index (χ1v) is 8.20. The SMILES string of the molecule is CC1NCCCC1N1C(=O)CC2(CCCCC2)CC1=O. The van der Waals surface area contributed by atoms with Gasteiger partial charge < -0.3 is 5.32 Å². The summed E-state index contributed by atoms with van der Waals surface area (Å²) in [5.41, 5.74) is 0.00818. The Kier molecular flexibility index (Phi) is 3.85. The Hall–Kier alpha value is -0.900. The fourth-order valence-electron chi connectivity index (χ4n) is 4.42. The number of imide groups is 1. The largest absolute Gasteiger partial charge is 0.312 e. The molecule has 2 unspecified atom stereocenters. The van der Waals surface area contributed by atoms with Crippen molar-refractivity contribution in [1.82, 2.24) is 10.2 Å². The van der Waals surface area contributed by atoms with Crippen LogP contribution in [-0.2, 0) is 9.59 Å². The Morgan fingerprint density at radius 3 is 2.30 bits per heavy atom. The first kappa shape index (κ1) is 14.1. The fraction of sp³-hybridized carbons (Fsp3) is 0.875. The van der Waals surface area contributed by atoms with Gasteiger partial charge in [-0.3, -0.25) is 14.5 Å². The van der Waals surface area contributed by atoms with E-state index in [1.807, 2.05) is 0 Å². The van der Waals surface area contributed by atoms with Crippen LogP contribution in [0.5, 0.6) is 0 Å². The minimum absolute atomic E-state index is 0.00818. The molecule has 0 bridgehead atoms. The van der Waals surface area contributed by atoms with Gasteiger partial charge in [-0.2, -0.15) is 0 Å². The predicted molar refractivity (Wildman–Crippen MR) is 77.1 cm³/mol. The van der Waals surface area contributed by atoms with E-state index in [2.05, 4.69) is 12.2 Å². The minimum atomic E-state index is 0.00818. The second-order valence-corrected chi connectivity index (χ2v) is 7.02. The molecular weight excluding hydrogens is 252 g/mol. The minimum Gasteiger partial charge on any atom is -0.312 e. The molecule has 1 aliphatic carbocycles. The molecule has 2 saturated heterocycles. The van der Waals surface area contributed by atoms with Gasteiger partial charge in [-0.05, 0) is 44.6 Å². The van der Waals surface area contributed by atoms with Crippen LogP contribution in [0, 0.1) is 5.41 Å². The molecule has 1 saturated carbocycles. The van der Waals surface area contributed by atoms with Gasteiger partial charge >= 0.3 is 0 Å². The number of nitrogens with zero attached hydrogens (tertiary/aromatic N) is 1. The third-order valence-corrected chi connectivity index (χ3v) is 5.56. The van der Waals surface area contributed by atoms with Crippen LogP contribution in [0.1, 0.15) is 64.7 Å². The fourth-order valence-corrected chi connectivity index (χ4v) is 4.42. The number of hydrogen-bond donors (Lipinski definition) is 1. The molecule has 4 heteroatoms. The monoisotopic (exact) mass is 278 g/mol. The first-order chi connectivity index (χ1) is 9.61. The van der Waals surface area contributed by atoms with E-state index in [1.54, 1.807) is 4.90 Å². The zero-order valence-electron chi connectivity index (χ0n) is 12.5. The number of nitrogens with one attached hydrogen (secondary N) is 1. The molecule has 1 N–H and O–H groups in total. The molecule has 3 aliphatic rings. The van der Waals surface area contributed by atoms with Gasteiger partial charge in [0.25, 0.3) is 0 Å². The van der Waals surface area contributed by atoms with Gasteiger partial charge in [-0.15, -0.1) is 0 Å². The summed E-state index contributed by atoms with van der Waals surface area (Å²) in [6, 6.07) is 0.307. The van der Waals surface area contributed by atoms with Crippen molar-refractivity contribution in [1.29, 1.82) is 0 Å². The molecule has 4 nitrogen and oxygen atoms in total. The van der Waals surface area contributed by atoms with Gasteiger partial charge in [0, 0.05) is 18.9 Å². The lowest BCUT2D eigenvalue weighted by Crippen LogP contribution is -2.59. The van der Waals surface area contributed by atoms with E-state index in [0.717, 1.165) is 32.2 Å². The number of amides is 2. The highest BCUT2D eigenvalue weighted by atomic mass is 16.2. The number of carbonyl (C=O) groups excluding carboxylic acids is 2. The lowest BCUT2D eigenvalue weighted by atomic mass is 9.67. The average Bonchev–Trinajstić information content (AvgIpc) is 2.41. The van der Waals surface area contributed by atoms with Crippen LogP contribution >= 0.6 is 0 Å². The third kappa shape index (κ3) is 2.50. The summed E-state index contributed by atoms with van der Waals surface area (Å²) < 4.78 is 0. The van der Waals surface area contributed by atoms with E-state index in [9.17, 15) is 9.59 Å². The van der Waals surface area contributed by atoms with Gasteiger partial charge in [0.05, 0.1) is 6.04 Å². The van der Waals surface area contributed by atoms with E-state index in [0.29, 0.717) is 12.8 Å². The molecule has 2 atom stereocenters. The van der Waals surface area contributed by atoms with Gasteiger partial charge in [-0.25, -0.2) is 0 Å². The molecule has 20 heavy (non-hydrogen) atoms. The van der Waals surface area contributed by atoms with Crippen LogP contribution in [0.2, 0.25) is 0 Å². The van der Waals surface area contributed by atoms with Crippen molar-refractivity contribution in [2.75, 3.05) is 6.54 Å². The highest BCUT2D eigenvalue weighted by Gasteiger charge is 2.46. The molecule has 0 aromatic carbocycles. The van der Waals surface area contributed by atoms with Crippen LogP contribution in [0.25, 0.3) is 0 Å². The maximum atomic E-state index is 12.6. The molecule has 0 aromatic heterocycles. The molecule has 2 heterocycles. The van der Waals surface area contributed by atoms with Gasteiger partial charge in [0.15, 0.2) is 0 Å². The zero-order chi connectivity index (χ0) is 14.2. The van der Waals surface area contributed by atoms with Gasteiger partial charge in [-0.1, -0.05) is 19.3 Å². The molecule has 112 valence electrons. The van der Waals surface area contributed by atoms with Crippen LogP contribution < -0.4 is 5.32 Å². The summed E-state index contributed by atoms with van der Waals surface area (Å²) in [5.74, 6) is 0.174. The molecule has 3 rings (SSSR count). The molecule has 1 spiro atoms. The summed E-state index contributed by atoms with van der Waals surface area (Å²) in [7, 11) is 0. The van der Waals surface area contributed by atoms with Crippen LogP contribution in [0.3, 0.4) is 0 Å². The highest BCUT2D eigenvalue weighted by Crippen LogP contribution is 2.46. The van der Waals surface area contributed by atoms with Crippen molar-refractivity contribution < 1.29 is 9.59 Å². The standard InChI is InChI=1S/C16H26N2O2/c1-12-13(6-5-9-17-12)18-14(19)10-16(11-15(18)20)7-3-2-4-8-16/h12-13,17H,2-11H2,1H3. The Labute approximate surface area is 121 Å². The maximum Gasteiger partial charge on any atom is 0.230 e. The van der Waals surface area contributed by atoms with Crippen molar-refractivity contribution in [3.63, 3.8) is 0 Å². The lowest BCUT2D eigenvalue weighted by molar-refractivity contribution is -0.159. The lowest BCUT2D eigenvalue weighted by Gasteiger charge is -2.46. The average molecular weight is 278 g/mol. The summed E-state index contributed by atoms with van der Waals surface area (Å²) >= 11 is 0. The van der Waals surface area contributed by atoms with Crippen molar-refractivity contribution >= 4 is 11.8 Å². The quantitative estimate of drug-likeness (QED) is 0.748. The second-order valence-electron chi connectivity index (χ2n) is 7.02. The Balaban J connectivity index is 1.75. The maximum absolute atomic E-state index is 12.6. The Morgan fingerprint density at radius 2 is 1.70 bits per heavy atom. The van der Waals surface area contributed by atoms with Crippen LogP contribution in [0.15, 0.2) is 0 Å². The second kappa shape index (κ2) is 5.47. The Bertz CT molecular complexity index is 381. The normalized spacial score (nSPS) is 34.5. The number of likely N-dealkylation sites (tertiary alicyclic amines) is 1. The van der Waals surface area contributed by atoms with Crippen molar-refractivity contribution in [2.45, 2.75) is 76.8 Å². The van der Waals surface area contributed by atoms with Crippen LogP contribution in [-0.4, -0.2) is 35.3 Å². The zero-order valence-corrected chi connectivity index (χ0v) is 12.5. The number of piperidine rings is 2. The van der Waals surface area contributed by atoms with Crippen molar-refractivity contribution in [3.8, 4) is 0 Å². The molecule has 2 aliphatic heterocycles.